The second kappa shape index (κ2) is 17.3. The van der Waals surface area contributed by atoms with E-state index >= 15 is 0 Å². The van der Waals surface area contributed by atoms with E-state index in [0.29, 0.717) is 8.96 Å². The lowest BCUT2D eigenvalue weighted by atomic mass is 10.0. The third-order valence-electron chi connectivity index (χ3n) is 6.03. The van der Waals surface area contributed by atoms with Gasteiger partial charge >= 0.3 is 0 Å². The number of carbonyl (C=O) groups excluding carboxylic acids is 1. The van der Waals surface area contributed by atoms with Gasteiger partial charge in [0.15, 0.2) is 0 Å². The molecule has 3 nitrogen and oxygen atoms in total. The Labute approximate surface area is 218 Å². The van der Waals surface area contributed by atoms with Crippen LogP contribution in [0.2, 0.25) is 0 Å². The summed E-state index contributed by atoms with van der Waals surface area (Å²) < 4.78 is 1.03. The highest BCUT2D eigenvalue weighted by atomic mass is 79.9. The minimum Gasteiger partial charge on any atom is -0.354 e. The number of halogens is 2. The van der Waals surface area contributed by atoms with E-state index in [1.54, 1.807) is 12.2 Å². The molecule has 0 aromatic carbocycles. The molecule has 5 heteroatoms. The summed E-state index contributed by atoms with van der Waals surface area (Å²) in [6, 6.07) is 0. The third-order valence-corrected chi connectivity index (χ3v) is 7.21. The zero-order valence-corrected chi connectivity index (χ0v) is 23.4. The summed E-state index contributed by atoms with van der Waals surface area (Å²) in [7, 11) is 0. The SMILES string of the molecule is CCCCCCCCCCCCCCCCN1C=CC(=CN=C2C=C(Br)C(=O)C(Br)=C2)C=C1. The summed E-state index contributed by atoms with van der Waals surface area (Å²) in [6.07, 6.45) is 33.2. The summed E-state index contributed by atoms with van der Waals surface area (Å²) in [5, 5.41) is 0. The van der Waals surface area contributed by atoms with Crippen molar-refractivity contribution in [2.75, 3.05) is 6.54 Å². The van der Waals surface area contributed by atoms with Gasteiger partial charge in [-0.3, -0.25) is 9.79 Å². The molecule has 0 bridgehead atoms. The lowest BCUT2D eigenvalue weighted by Crippen LogP contribution is -2.13. The Morgan fingerprint density at radius 3 is 1.70 bits per heavy atom. The number of carbonyl (C=O) groups is 1. The van der Waals surface area contributed by atoms with Crippen LogP contribution >= 0.6 is 31.9 Å². The maximum Gasteiger partial charge on any atom is 0.207 e. The van der Waals surface area contributed by atoms with Gasteiger partial charge in [0.25, 0.3) is 0 Å². The van der Waals surface area contributed by atoms with E-state index in [9.17, 15) is 4.79 Å². The highest BCUT2D eigenvalue weighted by molar-refractivity contribution is 9.13. The quantitative estimate of drug-likeness (QED) is 0.135. The predicted octanol–water partition coefficient (Wildman–Crippen LogP) is 9.28. The molecule has 0 N–H and O–H groups in total. The molecule has 1 aliphatic heterocycles. The zero-order chi connectivity index (χ0) is 23.7. The van der Waals surface area contributed by atoms with Crippen molar-refractivity contribution < 1.29 is 4.79 Å². The van der Waals surface area contributed by atoms with Crippen molar-refractivity contribution in [2.45, 2.75) is 96.8 Å². The summed E-state index contributed by atoms with van der Waals surface area (Å²) in [6.45, 7) is 3.35. The van der Waals surface area contributed by atoms with Gasteiger partial charge in [0.1, 0.15) is 0 Å². The fourth-order valence-corrected chi connectivity index (χ4v) is 5.13. The molecule has 0 aromatic heterocycles. The maximum atomic E-state index is 11.7. The van der Waals surface area contributed by atoms with Gasteiger partial charge in [-0.2, -0.15) is 0 Å². The van der Waals surface area contributed by atoms with Gasteiger partial charge in [0.2, 0.25) is 5.78 Å². The van der Waals surface area contributed by atoms with Gasteiger partial charge in [-0.05, 0) is 68.2 Å². The fourth-order valence-electron chi connectivity index (χ4n) is 3.96. The van der Waals surface area contributed by atoms with Crippen LogP contribution < -0.4 is 0 Å². The van der Waals surface area contributed by atoms with Gasteiger partial charge < -0.3 is 4.90 Å². The van der Waals surface area contributed by atoms with Crippen molar-refractivity contribution >= 4 is 43.4 Å². The maximum absolute atomic E-state index is 11.7. The van der Waals surface area contributed by atoms with Crippen LogP contribution in [0.5, 0.6) is 0 Å². The summed E-state index contributed by atoms with van der Waals surface area (Å²) >= 11 is 6.56. The molecule has 0 saturated heterocycles. The average molecular weight is 580 g/mol. The van der Waals surface area contributed by atoms with Crippen molar-refractivity contribution in [3.05, 3.63) is 57.4 Å². The Morgan fingerprint density at radius 1 is 0.758 bits per heavy atom. The van der Waals surface area contributed by atoms with Gasteiger partial charge in [-0.15, -0.1) is 0 Å². The van der Waals surface area contributed by atoms with Gasteiger partial charge in [-0.1, -0.05) is 90.4 Å². The number of unbranched alkanes of at least 4 members (excludes halogenated alkanes) is 13. The van der Waals surface area contributed by atoms with Crippen LogP contribution in [0.1, 0.15) is 96.8 Å². The largest absolute Gasteiger partial charge is 0.354 e. The number of hydrogen-bond acceptors (Lipinski definition) is 3. The smallest absolute Gasteiger partial charge is 0.207 e. The number of aliphatic imine (C=N–C) groups is 1. The Hall–Kier alpha value is -1.20. The summed E-state index contributed by atoms with van der Waals surface area (Å²) in [5.41, 5.74) is 1.79. The first kappa shape index (κ1) is 28.0. The zero-order valence-electron chi connectivity index (χ0n) is 20.2. The molecule has 182 valence electrons. The molecule has 0 unspecified atom stereocenters. The van der Waals surface area contributed by atoms with E-state index in [1.807, 2.05) is 6.20 Å². The molecule has 0 fully saturated rings. The van der Waals surface area contributed by atoms with Gasteiger partial charge in [-0.25, -0.2) is 0 Å². The molecule has 1 heterocycles. The minimum atomic E-state index is -0.0572. The summed E-state index contributed by atoms with van der Waals surface area (Å²) in [5.74, 6) is -0.0572. The van der Waals surface area contributed by atoms with Crippen LogP contribution in [0.15, 0.2) is 62.4 Å². The normalized spacial score (nSPS) is 15.7. The van der Waals surface area contributed by atoms with Crippen molar-refractivity contribution in [3.63, 3.8) is 0 Å². The van der Waals surface area contributed by atoms with Crippen LogP contribution in [0.3, 0.4) is 0 Å². The predicted molar refractivity (Wildman–Crippen MR) is 150 cm³/mol. The second-order valence-corrected chi connectivity index (χ2v) is 10.7. The molecular weight excluding hydrogens is 540 g/mol. The Bertz CT molecular complexity index is 750. The monoisotopic (exact) mass is 578 g/mol. The number of rotatable bonds is 16. The fraction of sp³-hybridized carbons (Fsp3) is 0.571. The molecule has 33 heavy (non-hydrogen) atoms. The number of ketones is 1. The Morgan fingerprint density at radius 2 is 1.21 bits per heavy atom. The highest BCUT2D eigenvalue weighted by Gasteiger charge is 2.16. The molecule has 0 amide bonds. The first-order chi connectivity index (χ1) is 16.1. The third kappa shape index (κ3) is 12.2. The Kier molecular flexibility index (Phi) is 14.7. The van der Waals surface area contributed by atoms with E-state index in [1.165, 1.54) is 89.9 Å². The van der Waals surface area contributed by atoms with Crippen molar-refractivity contribution in [3.8, 4) is 0 Å². The first-order valence-electron chi connectivity index (χ1n) is 12.8. The van der Waals surface area contributed by atoms with Crippen molar-refractivity contribution in [1.29, 1.82) is 0 Å². The van der Waals surface area contributed by atoms with Gasteiger partial charge in [0.05, 0.1) is 14.7 Å². The molecule has 0 radical (unpaired) electrons. The van der Waals surface area contributed by atoms with E-state index in [0.717, 1.165) is 17.8 Å². The van der Waals surface area contributed by atoms with Crippen LogP contribution in [0.25, 0.3) is 0 Å². The average Bonchev–Trinajstić information content (AvgIpc) is 2.82. The molecule has 0 saturated carbocycles. The van der Waals surface area contributed by atoms with Crippen LogP contribution in [0.4, 0.5) is 0 Å². The number of hydrogen-bond donors (Lipinski definition) is 0. The molecule has 0 spiro atoms. The number of Topliss-reactive ketones (excluding diaryl/α,β-unsaturated/α-hetero) is 1. The molecule has 0 aromatic rings. The molecule has 0 atom stereocenters. The number of allylic oxidation sites excluding steroid dienone is 7. The molecule has 2 rings (SSSR count). The molecule has 2 aliphatic rings. The molecular formula is C28H40Br2N2O. The van der Waals surface area contributed by atoms with E-state index in [2.05, 4.69) is 73.2 Å². The summed E-state index contributed by atoms with van der Waals surface area (Å²) in [4.78, 5) is 18.5. The van der Waals surface area contributed by atoms with E-state index < -0.39 is 0 Å². The van der Waals surface area contributed by atoms with Crippen LogP contribution in [-0.4, -0.2) is 22.9 Å². The highest BCUT2D eigenvalue weighted by Crippen LogP contribution is 2.22. The lowest BCUT2D eigenvalue weighted by Gasteiger charge is -2.18. The van der Waals surface area contributed by atoms with E-state index in [-0.39, 0.29) is 5.78 Å². The van der Waals surface area contributed by atoms with Crippen molar-refractivity contribution in [1.82, 2.24) is 4.90 Å². The second-order valence-electron chi connectivity index (χ2n) is 8.96. The first-order valence-corrected chi connectivity index (χ1v) is 14.4. The standard InChI is InChI=1S/C28H40Br2N2O/c1-2-3-4-5-6-7-8-9-10-11-12-13-14-15-18-32-19-16-24(17-20-32)23-31-25-21-26(29)28(33)27(30)22-25/h16-17,19-23H,2-15,18H2,1H3. The van der Waals surface area contributed by atoms with Gasteiger partial charge in [0, 0.05) is 25.1 Å². The lowest BCUT2D eigenvalue weighted by molar-refractivity contribution is -0.110. The topological polar surface area (TPSA) is 32.7 Å². The van der Waals surface area contributed by atoms with Crippen LogP contribution in [0, 0.1) is 0 Å². The van der Waals surface area contributed by atoms with Crippen molar-refractivity contribution in [2.24, 2.45) is 4.99 Å². The van der Waals surface area contributed by atoms with E-state index in [4.69, 9.17) is 0 Å². The Balaban J connectivity index is 1.49. The molecule has 1 aliphatic carbocycles. The minimum absolute atomic E-state index is 0.0572. The van der Waals surface area contributed by atoms with Crippen LogP contribution in [-0.2, 0) is 4.79 Å². The number of nitrogens with zero attached hydrogens (tertiary/aromatic N) is 2.